The minimum Gasteiger partial charge on any atom is -0.491 e. The zero-order valence-corrected chi connectivity index (χ0v) is 29.8. The number of carbonyl (C=O) groups excluding carboxylic acids is 2. The zero-order chi connectivity index (χ0) is 34.9. The van der Waals surface area contributed by atoms with Gasteiger partial charge in [-0.25, -0.2) is 0 Å². The zero-order valence-electron chi connectivity index (χ0n) is 29.8. The van der Waals surface area contributed by atoms with Crippen LogP contribution in [0.15, 0.2) is 36.4 Å². The van der Waals surface area contributed by atoms with Crippen molar-refractivity contribution in [3.8, 4) is 5.75 Å². The van der Waals surface area contributed by atoms with Crippen LogP contribution in [-0.2, 0) is 53.9 Å². The first-order chi connectivity index (χ1) is 24.2. The van der Waals surface area contributed by atoms with E-state index < -0.39 is 0 Å². The van der Waals surface area contributed by atoms with E-state index in [9.17, 15) is 9.59 Å². The van der Waals surface area contributed by atoms with Crippen molar-refractivity contribution < 1.29 is 52.2 Å². The molecule has 1 heterocycles. The van der Waals surface area contributed by atoms with Gasteiger partial charge in [-0.05, 0) is 30.5 Å². The smallest absolute Gasteiger partial charge is 0.253 e. The Kier molecular flexibility index (Phi) is 27.5. The van der Waals surface area contributed by atoms with E-state index in [1.54, 1.807) is 0 Å². The molecule has 1 aliphatic rings. The number of ether oxygens (including phenoxy) is 9. The summed E-state index contributed by atoms with van der Waals surface area (Å²) in [6.07, 6.45) is 13.0. The quantitative estimate of drug-likeness (QED) is 0.0733. The lowest BCUT2D eigenvalue weighted by Gasteiger charge is -2.13. The van der Waals surface area contributed by atoms with Crippen LogP contribution in [0, 0.1) is 0 Å². The van der Waals surface area contributed by atoms with Gasteiger partial charge in [-0.1, -0.05) is 57.6 Å². The summed E-state index contributed by atoms with van der Waals surface area (Å²) >= 11 is 0. The van der Waals surface area contributed by atoms with E-state index in [2.05, 4.69) is 19.1 Å². The Balaban J connectivity index is 1.20. The molecule has 0 radical (unpaired) electrons. The molecule has 0 bridgehead atoms. The van der Waals surface area contributed by atoms with Gasteiger partial charge in [0.1, 0.15) is 12.4 Å². The molecule has 12 heteroatoms. The topological polar surface area (TPSA) is 120 Å². The molecule has 0 aliphatic carbocycles. The summed E-state index contributed by atoms with van der Waals surface area (Å²) in [7, 11) is 0. The third-order valence-corrected chi connectivity index (χ3v) is 7.45. The van der Waals surface area contributed by atoms with Gasteiger partial charge in [-0.2, -0.15) is 0 Å². The molecule has 0 aromatic heterocycles. The highest BCUT2D eigenvalue weighted by Crippen LogP contribution is 2.15. The molecule has 1 aromatic rings. The van der Waals surface area contributed by atoms with Crippen LogP contribution in [0.4, 0.5) is 0 Å². The predicted molar refractivity (Wildman–Crippen MR) is 186 cm³/mol. The molecule has 0 atom stereocenters. The molecule has 0 saturated heterocycles. The number of rotatable bonds is 36. The second-order valence-corrected chi connectivity index (χ2v) is 11.4. The molecule has 1 aromatic carbocycles. The number of benzene rings is 1. The third-order valence-electron chi connectivity index (χ3n) is 7.45. The van der Waals surface area contributed by atoms with Gasteiger partial charge in [0.15, 0.2) is 0 Å². The van der Waals surface area contributed by atoms with Crippen LogP contribution < -0.4 is 4.74 Å². The third kappa shape index (κ3) is 24.4. The maximum absolute atomic E-state index is 11.4. The Labute approximate surface area is 293 Å². The normalized spacial score (nSPS) is 12.9. The van der Waals surface area contributed by atoms with E-state index in [0.717, 1.165) is 17.1 Å². The summed E-state index contributed by atoms with van der Waals surface area (Å²) in [5.74, 6) is 0.274. The van der Waals surface area contributed by atoms with Crippen molar-refractivity contribution in [3.63, 3.8) is 0 Å². The fourth-order valence-electron chi connectivity index (χ4n) is 4.71. The van der Waals surface area contributed by atoms with Crippen LogP contribution >= 0.6 is 0 Å². The maximum atomic E-state index is 11.4. The molecular formula is C37H61NO11. The summed E-state index contributed by atoms with van der Waals surface area (Å²) in [6.45, 7) is 10.5. The van der Waals surface area contributed by atoms with Gasteiger partial charge in [-0.3, -0.25) is 14.5 Å². The van der Waals surface area contributed by atoms with E-state index in [0.29, 0.717) is 106 Å². The number of hydrogen-bond donors (Lipinski definition) is 0. The number of nitrogens with zero attached hydrogens (tertiary/aromatic N) is 1. The van der Waals surface area contributed by atoms with Gasteiger partial charge in [0.05, 0.1) is 112 Å². The van der Waals surface area contributed by atoms with E-state index in [1.165, 1.54) is 62.7 Å². The van der Waals surface area contributed by atoms with Crippen molar-refractivity contribution in [1.29, 1.82) is 0 Å². The van der Waals surface area contributed by atoms with Crippen molar-refractivity contribution in [2.45, 2.75) is 58.3 Å². The summed E-state index contributed by atoms with van der Waals surface area (Å²) in [5, 5.41) is 0. The fraction of sp³-hybridized carbons (Fsp3) is 0.730. The second kappa shape index (κ2) is 31.6. The first-order valence-electron chi connectivity index (χ1n) is 18.1. The number of unbranched alkanes of at least 4 members (excludes halogenated alkanes) is 6. The highest BCUT2D eigenvalue weighted by Gasteiger charge is 2.22. The molecule has 2 rings (SSSR count). The first-order valence-corrected chi connectivity index (χ1v) is 18.1. The molecular weight excluding hydrogens is 634 g/mol. The Morgan fingerprint density at radius 3 is 1.24 bits per heavy atom. The minimum absolute atomic E-state index is 0.243. The lowest BCUT2D eigenvalue weighted by Crippen LogP contribution is -2.33. The van der Waals surface area contributed by atoms with Crippen molar-refractivity contribution >= 4 is 11.8 Å². The highest BCUT2D eigenvalue weighted by atomic mass is 16.6. The summed E-state index contributed by atoms with van der Waals surface area (Å²) in [6, 6.07) is 8.43. The van der Waals surface area contributed by atoms with Crippen LogP contribution in [0.25, 0.3) is 0 Å². The number of amides is 2. The molecule has 280 valence electrons. The average molecular weight is 696 g/mol. The van der Waals surface area contributed by atoms with E-state index in [4.69, 9.17) is 42.6 Å². The molecule has 1 aliphatic heterocycles. The van der Waals surface area contributed by atoms with Gasteiger partial charge in [-0.15, -0.1) is 0 Å². The number of imide groups is 1. The van der Waals surface area contributed by atoms with Gasteiger partial charge in [0.2, 0.25) is 0 Å². The molecule has 49 heavy (non-hydrogen) atoms. The number of carbonyl (C=O) groups is 2. The molecule has 0 spiro atoms. The van der Waals surface area contributed by atoms with E-state index in [1.807, 2.05) is 12.1 Å². The largest absolute Gasteiger partial charge is 0.491 e. The predicted octanol–water partition coefficient (Wildman–Crippen LogP) is 4.42. The molecule has 0 saturated carbocycles. The number of aryl methyl sites for hydroxylation is 1. The van der Waals surface area contributed by atoms with Crippen molar-refractivity contribution in [3.05, 3.63) is 42.0 Å². The molecule has 2 amide bonds. The SMILES string of the molecule is CCCCCCCCCc1ccc(OCCOCCOCCOCCOCCOCCOCCOCCOCCN2C(=O)C=CC2=O)cc1. The molecule has 12 nitrogen and oxygen atoms in total. The van der Waals surface area contributed by atoms with Gasteiger partial charge in [0, 0.05) is 12.2 Å². The Morgan fingerprint density at radius 1 is 0.449 bits per heavy atom. The molecule has 0 N–H and O–H groups in total. The van der Waals surface area contributed by atoms with Crippen LogP contribution in [0.2, 0.25) is 0 Å². The van der Waals surface area contributed by atoms with E-state index in [-0.39, 0.29) is 25.0 Å². The van der Waals surface area contributed by atoms with Gasteiger partial charge in [0.25, 0.3) is 11.8 Å². The monoisotopic (exact) mass is 695 g/mol. The summed E-state index contributed by atoms with van der Waals surface area (Å²) in [5.41, 5.74) is 1.38. The van der Waals surface area contributed by atoms with E-state index >= 15 is 0 Å². The Morgan fingerprint density at radius 2 is 0.816 bits per heavy atom. The van der Waals surface area contributed by atoms with Crippen LogP contribution in [-0.4, -0.2) is 136 Å². The van der Waals surface area contributed by atoms with Crippen LogP contribution in [0.5, 0.6) is 5.75 Å². The number of hydrogen-bond acceptors (Lipinski definition) is 11. The highest BCUT2D eigenvalue weighted by molar-refractivity contribution is 6.12. The van der Waals surface area contributed by atoms with Gasteiger partial charge >= 0.3 is 0 Å². The van der Waals surface area contributed by atoms with Crippen molar-refractivity contribution in [2.24, 2.45) is 0 Å². The minimum atomic E-state index is -0.303. The van der Waals surface area contributed by atoms with Crippen molar-refractivity contribution in [1.82, 2.24) is 4.90 Å². The first kappa shape index (κ1) is 42.7. The Bertz CT molecular complexity index is 942. The van der Waals surface area contributed by atoms with Crippen molar-refractivity contribution in [2.75, 3.05) is 119 Å². The fourth-order valence-corrected chi connectivity index (χ4v) is 4.71. The van der Waals surface area contributed by atoms with Crippen LogP contribution in [0.3, 0.4) is 0 Å². The lowest BCUT2D eigenvalue weighted by atomic mass is 10.0. The van der Waals surface area contributed by atoms with Gasteiger partial charge < -0.3 is 42.6 Å². The molecule has 0 fully saturated rings. The summed E-state index contributed by atoms with van der Waals surface area (Å²) < 4.78 is 49.6. The maximum Gasteiger partial charge on any atom is 0.253 e. The van der Waals surface area contributed by atoms with Crippen LogP contribution in [0.1, 0.15) is 57.4 Å². The molecule has 0 unspecified atom stereocenters. The summed E-state index contributed by atoms with van der Waals surface area (Å²) in [4.78, 5) is 24.0. The average Bonchev–Trinajstić information content (AvgIpc) is 3.43. The standard InChI is InChI=1S/C37H61NO11/c1-2-3-4-5-6-7-8-9-34-10-12-35(13-11-34)49-33-32-48-31-30-47-29-28-46-27-26-45-25-24-44-23-22-43-21-20-42-19-18-41-17-16-38-36(39)14-15-37(38)40/h10-15H,2-9,16-33H2,1H3. The Hall–Kier alpha value is -2.42. The lowest BCUT2D eigenvalue weighted by molar-refractivity contribution is -0.137. The second-order valence-electron chi connectivity index (χ2n) is 11.4.